The van der Waals surface area contributed by atoms with Crippen molar-refractivity contribution >= 4 is 0 Å². The first-order valence-corrected chi connectivity index (χ1v) is 9.84. The summed E-state index contributed by atoms with van der Waals surface area (Å²) in [4.78, 5) is 0. The summed E-state index contributed by atoms with van der Waals surface area (Å²) in [5.41, 5.74) is 0. The van der Waals surface area contributed by atoms with E-state index in [1.807, 2.05) is 6.08 Å². The summed E-state index contributed by atoms with van der Waals surface area (Å²) in [6.45, 7) is 4.01. The van der Waals surface area contributed by atoms with Gasteiger partial charge in [-0.25, -0.2) is 4.39 Å². The van der Waals surface area contributed by atoms with Crippen molar-refractivity contribution in [2.75, 3.05) is 13.2 Å². The lowest BCUT2D eigenvalue weighted by atomic mass is 9.72. The van der Waals surface area contributed by atoms with Crippen molar-refractivity contribution in [1.82, 2.24) is 0 Å². The summed E-state index contributed by atoms with van der Waals surface area (Å²) in [6.07, 6.45) is 13.3. The Labute approximate surface area is 140 Å². The molecule has 0 bridgehead atoms. The molecule has 3 rings (SSSR count). The average Bonchev–Trinajstić information content (AvgIpc) is 2.61. The molecule has 3 aliphatic rings. The second kappa shape index (κ2) is 8.62. The summed E-state index contributed by atoms with van der Waals surface area (Å²) >= 11 is 0. The monoisotopic (exact) mass is 324 g/mol. The van der Waals surface area contributed by atoms with Crippen LogP contribution in [0.25, 0.3) is 0 Å². The molecular formula is C20H33FO2. The van der Waals surface area contributed by atoms with Crippen LogP contribution < -0.4 is 0 Å². The molecule has 0 N–H and O–H groups in total. The molecule has 23 heavy (non-hydrogen) atoms. The van der Waals surface area contributed by atoms with Gasteiger partial charge in [-0.15, -0.1) is 0 Å². The van der Waals surface area contributed by atoms with Crippen LogP contribution in [0.1, 0.15) is 71.1 Å². The molecule has 1 saturated heterocycles. The van der Waals surface area contributed by atoms with Crippen molar-refractivity contribution in [3.63, 3.8) is 0 Å². The molecule has 1 aliphatic heterocycles. The van der Waals surface area contributed by atoms with Gasteiger partial charge < -0.3 is 9.47 Å². The minimum Gasteiger partial charge on any atom is -0.352 e. The topological polar surface area (TPSA) is 18.5 Å². The highest BCUT2D eigenvalue weighted by atomic mass is 19.1. The van der Waals surface area contributed by atoms with Crippen LogP contribution in [0, 0.1) is 23.7 Å². The number of rotatable bonds is 5. The number of hydrogen-bond donors (Lipinski definition) is 0. The molecule has 3 heteroatoms. The van der Waals surface area contributed by atoms with Crippen LogP contribution in [0.3, 0.4) is 0 Å². The van der Waals surface area contributed by atoms with Gasteiger partial charge in [0, 0.05) is 11.8 Å². The van der Waals surface area contributed by atoms with E-state index >= 15 is 0 Å². The molecule has 1 unspecified atom stereocenters. The second-order valence-electron chi connectivity index (χ2n) is 7.90. The van der Waals surface area contributed by atoms with Crippen LogP contribution in [0.2, 0.25) is 0 Å². The zero-order valence-electron chi connectivity index (χ0n) is 14.6. The van der Waals surface area contributed by atoms with Gasteiger partial charge in [-0.05, 0) is 63.2 Å². The van der Waals surface area contributed by atoms with Gasteiger partial charge >= 0.3 is 0 Å². The minimum absolute atomic E-state index is 0.0394. The molecule has 0 radical (unpaired) electrons. The fourth-order valence-electron chi connectivity index (χ4n) is 4.63. The van der Waals surface area contributed by atoms with Crippen LogP contribution in [0.4, 0.5) is 4.39 Å². The van der Waals surface area contributed by atoms with E-state index in [-0.39, 0.29) is 12.1 Å². The lowest BCUT2D eigenvalue weighted by Crippen LogP contribution is -2.39. The molecule has 2 nitrogen and oxygen atoms in total. The predicted molar refractivity (Wildman–Crippen MR) is 90.7 cm³/mol. The highest BCUT2D eigenvalue weighted by molar-refractivity contribution is 4.99. The maximum absolute atomic E-state index is 13.2. The molecule has 0 aromatic carbocycles. The first-order chi connectivity index (χ1) is 11.3. The van der Waals surface area contributed by atoms with Gasteiger partial charge in [0.25, 0.3) is 0 Å². The Bertz CT molecular complexity index is 379. The van der Waals surface area contributed by atoms with E-state index in [2.05, 4.69) is 6.92 Å². The Morgan fingerprint density at radius 2 is 1.70 bits per heavy atom. The van der Waals surface area contributed by atoms with Crippen molar-refractivity contribution in [3.8, 4) is 0 Å². The van der Waals surface area contributed by atoms with Gasteiger partial charge in [0.1, 0.15) is 0 Å². The fourth-order valence-corrected chi connectivity index (χ4v) is 4.63. The van der Waals surface area contributed by atoms with E-state index in [0.717, 1.165) is 32.0 Å². The van der Waals surface area contributed by atoms with Crippen LogP contribution in [0.5, 0.6) is 0 Å². The van der Waals surface area contributed by atoms with E-state index in [9.17, 15) is 4.39 Å². The molecule has 1 heterocycles. The third-order valence-corrected chi connectivity index (χ3v) is 6.22. The van der Waals surface area contributed by atoms with Gasteiger partial charge in [0.15, 0.2) is 6.29 Å². The van der Waals surface area contributed by atoms with Crippen molar-refractivity contribution in [2.24, 2.45) is 23.7 Å². The van der Waals surface area contributed by atoms with Crippen LogP contribution >= 0.6 is 0 Å². The van der Waals surface area contributed by atoms with E-state index in [4.69, 9.17) is 9.47 Å². The summed E-state index contributed by atoms with van der Waals surface area (Å²) in [7, 11) is 0. The van der Waals surface area contributed by atoms with Crippen LogP contribution in [-0.4, -0.2) is 19.5 Å². The first kappa shape index (κ1) is 17.4. The van der Waals surface area contributed by atoms with Crippen LogP contribution in [0.15, 0.2) is 11.9 Å². The molecule has 2 aliphatic carbocycles. The number of hydrogen-bond acceptors (Lipinski definition) is 2. The zero-order chi connectivity index (χ0) is 16.1. The van der Waals surface area contributed by atoms with Gasteiger partial charge in [-0.3, -0.25) is 0 Å². The number of allylic oxidation sites excluding steroid dienone is 2. The van der Waals surface area contributed by atoms with E-state index in [0.29, 0.717) is 24.2 Å². The Morgan fingerprint density at radius 1 is 1.00 bits per heavy atom. The lowest BCUT2D eigenvalue weighted by Gasteiger charge is -2.39. The largest absolute Gasteiger partial charge is 0.352 e. The van der Waals surface area contributed by atoms with Crippen molar-refractivity contribution in [2.45, 2.75) is 77.4 Å². The Balaban J connectivity index is 1.38. The van der Waals surface area contributed by atoms with Crippen molar-refractivity contribution < 1.29 is 13.9 Å². The SMILES string of the molecule is CCCCC1COC(C2CCC(C3CC=C(F)CC3)CC2)OC1. The highest BCUT2D eigenvalue weighted by Crippen LogP contribution is 2.41. The summed E-state index contributed by atoms with van der Waals surface area (Å²) < 4.78 is 25.2. The molecule has 0 spiro atoms. The third-order valence-electron chi connectivity index (χ3n) is 6.22. The maximum atomic E-state index is 13.2. The quantitative estimate of drug-likeness (QED) is 0.653. The Hall–Kier alpha value is -0.410. The van der Waals surface area contributed by atoms with Gasteiger partial charge in [-0.2, -0.15) is 0 Å². The zero-order valence-corrected chi connectivity index (χ0v) is 14.6. The van der Waals surface area contributed by atoms with Gasteiger partial charge in [-0.1, -0.05) is 25.8 Å². The highest BCUT2D eigenvalue weighted by Gasteiger charge is 2.34. The molecule has 1 atom stereocenters. The standard InChI is InChI=1S/C20H33FO2/c1-2-3-4-15-13-22-20(23-14-15)18-7-5-16(6-8-18)17-9-11-19(21)12-10-17/h11,15-18,20H,2-10,12-14H2,1H3. The van der Waals surface area contributed by atoms with E-state index in [1.54, 1.807) is 0 Å². The predicted octanol–water partition coefficient (Wildman–Crippen LogP) is 5.63. The first-order valence-electron chi connectivity index (χ1n) is 9.84. The molecule has 0 amide bonds. The second-order valence-corrected chi connectivity index (χ2v) is 7.90. The summed E-state index contributed by atoms with van der Waals surface area (Å²) in [5, 5.41) is 0. The number of ether oxygens (including phenoxy) is 2. The van der Waals surface area contributed by atoms with Crippen molar-refractivity contribution in [3.05, 3.63) is 11.9 Å². The van der Waals surface area contributed by atoms with Crippen molar-refractivity contribution in [1.29, 1.82) is 0 Å². The molecule has 132 valence electrons. The molecular weight excluding hydrogens is 291 g/mol. The molecule has 1 saturated carbocycles. The number of unbranched alkanes of at least 4 members (excludes halogenated alkanes) is 1. The Kier molecular flexibility index (Phi) is 6.52. The molecule has 2 fully saturated rings. The van der Waals surface area contributed by atoms with E-state index in [1.165, 1.54) is 44.9 Å². The summed E-state index contributed by atoms with van der Waals surface area (Å²) in [5.74, 6) is 2.79. The normalized spacial score (nSPS) is 39.0. The van der Waals surface area contributed by atoms with Crippen LogP contribution in [-0.2, 0) is 9.47 Å². The molecule has 0 aromatic rings. The lowest BCUT2D eigenvalue weighted by molar-refractivity contribution is -0.230. The number of halogens is 1. The van der Waals surface area contributed by atoms with Gasteiger partial charge in [0.05, 0.1) is 19.0 Å². The third kappa shape index (κ3) is 4.79. The Morgan fingerprint density at radius 3 is 2.30 bits per heavy atom. The smallest absolute Gasteiger partial charge is 0.160 e. The minimum atomic E-state index is 0.0394. The average molecular weight is 324 g/mol. The fraction of sp³-hybridized carbons (Fsp3) is 0.900. The molecule has 0 aromatic heterocycles. The maximum Gasteiger partial charge on any atom is 0.160 e. The van der Waals surface area contributed by atoms with E-state index < -0.39 is 0 Å². The summed E-state index contributed by atoms with van der Waals surface area (Å²) in [6, 6.07) is 0. The van der Waals surface area contributed by atoms with Gasteiger partial charge in [0.2, 0.25) is 0 Å².